The predicted molar refractivity (Wildman–Crippen MR) is 74.8 cm³/mol. The quantitative estimate of drug-likeness (QED) is 0.924. The summed E-state index contributed by atoms with van der Waals surface area (Å²) in [7, 11) is -3.80. The van der Waals surface area contributed by atoms with Crippen molar-refractivity contribution >= 4 is 16.0 Å². The van der Waals surface area contributed by atoms with Crippen LogP contribution in [0.5, 0.6) is 0 Å². The van der Waals surface area contributed by atoms with Gasteiger partial charge in [-0.1, -0.05) is 6.92 Å². The standard InChI is InChI=1S/C14H18FNO4S/c1-9-5-11(14(17)18)8-16(7-9)21(19,20)12-3-4-13(15)10(2)6-12/h3-4,6,9,11H,5,7-8H2,1-2H3,(H,17,18). The molecule has 2 unspecified atom stereocenters. The predicted octanol–water partition coefficient (Wildman–Crippen LogP) is 1.87. The zero-order valence-corrected chi connectivity index (χ0v) is 12.7. The minimum Gasteiger partial charge on any atom is -0.481 e. The fraction of sp³-hybridized carbons (Fsp3) is 0.500. The molecule has 116 valence electrons. The Hall–Kier alpha value is -1.47. The van der Waals surface area contributed by atoms with E-state index in [2.05, 4.69) is 0 Å². The number of carboxylic acid groups (broad SMARTS) is 1. The summed E-state index contributed by atoms with van der Waals surface area (Å²) in [6.07, 6.45) is 0.462. The third kappa shape index (κ3) is 3.24. The van der Waals surface area contributed by atoms with Crippen LogP contribution in [0.25, 0.3) is 0 Å². The third-order valence-electron chi connectivity index (χ3n) is 3.74. The van der Waals surface area contributed by atoms with E-state index in [0.29, 0.717) is 6.42 Å². The van der Waals surface area contributed by atoms with Crippen molar-refractivity contribution in [2.45, 2.75) is 25.2 Å². The van der Waals surface area contributed by atoms with Gasteiger partial charge in [-0.05, 0) is 43.0 Å². The van der Waals surface area contributed by atoms with E-state index in [4.69, 9.17) is 5.11 Å². The fourth-order valence-electron chi connectivity index (χ4n) is 2.60. The summed E-state index contributed by atoms with van der Waals surface area (Å²) in [6.45, 7) is 3.56. The average Bonchev–Trinajstić information content (AvgIpc) is 2.41. The lowest BCUT2D eigenvalue weighted by molar-refractivity contribution is -0.143. The van der Waals surface area contributed by atoms with Gasteiger partial charge in [0.05, 0.1) is 10.8 Å². The molecule has 0 bridgehead atoms. The van der Waals surface area contributed by atoms with Crippen LogP contribution in [0.15, 0.2) is 23.1 Å². The van der Waals surface area contributed by atoms with Gasteiger partial charge in [0.1, 0.15) is 5.82 Å². The Kier molecular flexibility index (Phi) is 4.34. The van der Waals surface area contributed by atoms with Crippen LogP contribution in [0.2, 0.25) is 0 Å². The van der Waals surface area contributed by atoms with Crippen LogP contribution < -0.4 is 0 Å². The van der Waals surface area contributed by atoms with Crippen LogP contribution >= 0.6 is 0 Å². The van der Waals surface area contributed by atoms with Crippen LogP contribution in [0.3, 0.4) is 0 Å². The average molecular weight is 315 g/mol. The molecule has 2 rings (SSSR count). The molecule has 0 amide bonds. The van der Waals surface area contributed by atoms with Gasteiger partial charge >= 0.3 is 5.97 Å². The molecule has 1 aliphatic rings. The lowest BCUT2D eigenvalue weighted by Gasteiger charge is -2.33. The largest absolute Gasteiger partial charge is 0.481 e. The Labute approximate surface area is 123 Å². The minimum atomic E-state index is -3.80. The molecule has 1 fully saturated rings. The van der Waals surface area contributed by atoms with E-state index >= 15 is 0 Å². The molecule has 0 aromatic heterocycles. The lowest BCUT2D eigenvalue weighted by Crippen LogP contribution is -2.45. The van der Waals surface area contributed by atoms with Crippen LogP contribution in [0, 0.1) is 24.6 Å². The number of rotatable bonds is 3. The molecule has 7 heteroatoms. The number of hydrogen-bond donors (Lipinski definition) is 1. The Morgan fingerprint density at radius 3 is 2.62 bits per heavy atom. The van der Waals surface area contributed by atoms with Crippen molar-refractivity contribution in [3.63, 3.8) is 0 Å². The first-order chi connectivity index (χ1) is 9.71. The van der Waals surface area contributed by atoms with Crippen molar-refractivity contribution in [3.05, 3.63) is 29.6 Å². The monoisotopic (exact) mass is 315 g/mol. The van der Waals surface area contributed by atoms with Gasteiger partial charge in [-0.15, -0.1) is 0 Å². The number of piperidine rings is 1. The molecule has 1 aromatic rings. The Morgan fingerprint density at radius 1 is 1.38 bits per heavy atom. The van der Waals surface area contributed by atoms with Gasteiger partial charge in [-0.2, -0.15) is 4.31 Å². The summed E-state index contributed by atoms with van der Waals surface area (Å²) in [6, 6.07) is 3.61. The molecule has 1 saturated heterocycles. The highest BCUT2D eigenvalue weighted by molar-refractivity contribution is 7.89. The number of sulfonamides is 1. The minimum absolute atomic E-state index is 0.000334. The molecule has 0 radical (unpaired) electrons. The molecular weight excluding hydrogens is 297 g/mol. The third-order valence-corrected chi connectivity index (χ3v) is 5.57. The van der Waals surface area contributed by atoms with Gasteiger partial charge in [-0.25, -0.2) is 12.8 Å². The van der Waals surface area contributed by atoms with Crippen molar-refractivity contribution < 1.29 is 22.7 Å². The molecule has 2 atom stereocenters. The van der Waals surface area contributed by atoms with Gasteiger partial charge in [0.2, 0.25) is 10.0 Å². The number of benzene rings is 1. The Bertz CT molecular complexity index is 659. The van der Waals surface area contributed by atoms with Gasteiger partial charge in [0.25, 0.3) is 0 Å². The normalized spacial score (nSPS) is 24.0. The second kappa shape index (κ2) is 5.73. The molecular formula is C14H18FNO4S. The molecule has 21 heavy (non-hydrogen) atoms. The summed E-state index contributed by atoms with van der Waals surface area (Å²) in [5.74, 6) is -2.19. The molecule has 0 saturated carbocycles. The number of aliphatic carboxylic acids is 1. The Balaban J connectivity index is 2.33. The van der Waals surface area contributed by atoms with Crippen molar-refractivity contribution in [1.29, 1.82) is 0 Å². The summed E-state index contributed by atoms with van der Waals surface area (Å²) < 4.78 is 39.6. The number of carboxylic acids is 1. The van der Waals surface area contributed by atoms with Gasteiger partial charge in [0, 0.05) is 13.1 Å². The van der Waals surface area contributed by atoms with E-state index < -0.39 is 27.7 Å². The number of nitrogens with zero attached hydrogens (tertiary/aromatic N) is 1. The zero-order valence-electron chi connectivity index (χ0n) is 11.9. The summed E-state index contributed by atoms with van der Waals surface area (Å²) in [4.78, 5) is 11.1. The second-order valence-electron chi connectivity index (χ2n) is 5.61. The molecule has 1 heterocycles. The van der Waals surface area contributed by atoms with Crippen LogP contribution in [-0.2, 0) is 14.8 Å². The number of hydrogen-bond acceptors (Lipinski definition) is 3. The van der Waals surface area contributed by atoms with E-state index in [1.165, 1.54) is 23.4 Å². The number of carbonyl (C=O) groups is 1. The first kappa shape index (κ1) is 15.9. The van der Waals surface area contributed by atoms with E-state index in [9.17, 15) is 17.6 Å². The summed E-state index contributed by atoms with van der Waals surface area (Å²) in [5, 5.41) is 9.12. The highest BCUT2D eigenvalue weighted by Crippen LogP contribution is 2.27. The molecule has 5 nitrogen and oxygen atoms in total. The maximum absolute atomic E-state index is 13.3. The van der Waals surface area contributed by atoms with Gasteiger partial charge < -0.3 is 5.11 Å². The van der Waals surface area contributed by atoms with E-state index in [1.54, 1.807) is 0 Å². The number of aryl methyl sites for hydroxylation is 1. The SMILES string of the molecule is Cc1cc(S(=O)(=O)N2CC(C)CC(C(=O)O)C2)ccc1F. The van der Waals surface area contributed by atoms with Crippen LogP contribution in [-0.4, -0.2) is 36.9 Å². The second-order valence-corrected chi connectivity index (χ2v) is 7.55. The molecule has 1 aliphatic heterocycles. The highest BCUT2D eigenvalue weighted by atomic mass is 32.2. The van der Waals surface area contributed by atoms with Crippen LogP contribution in [0.4, 0.5) is 4.39 Å². The molecule has 1 N–H and O–H groups in total. The van der Waals surface area contributed by atoms with E-state index in [1.807, 2.05) is 6.92 Å². The molecule has 1 aromatic carbocycles. The maximum Gasteiger partial charge on any atom is 0.307 e. The maximum atomic E-state index is 13.3. The Morgan fingerprint density at radius 2 is 2.05 bits per heavy atom. The van der Waals surface area contributed by atoms with Crippen molar-refractivity contribution in [2.75, 3.05) is 13.1 Å². The van der Waals surface area contributed by atoms with E-state index in [0.717, 1.165) is 6.07 Å². The summed E-state index contributed by atoms with van der Waals surface area (Å²) >= 11 is 0. The zero-order chi connectivity index (χ0) is 15.8. The molecule has 0 aliphatic carbocycles. The van der Waals surface area contributed by atoms with Crippen LogP contribution in [0.1, 0.15) is 18.9 Å². The first-order valence-corrected chi connectivity index (χ1v) is 8.15. The topological polar surface area (TPSA) is 74.7 Å². The van der Waals surface area contributed by atoms with Crippen molar-refractivity contribution in [1.82, 2.24) is 4.31 Å². The van der Waals surface area contributed by atoms with Gasteiger partial charge in [-0.3, -0.25) is 4.79 Å². The van der Waals surface area contributed by atoms with Crippen molar-refractivity contribution in [2.24, 2.45) is 11.8 Å². The van der Waals surface area contributed by atoms with Gasteiger partial charge in [0.15, 0.2) is 0 Å². The first-order valence-electron chi connectivity index (χ1n) is 6.71. The smallest absolute Gasteiger partial charge is 0.307 e. The summed E-state index contributed by atoms with van der Waals surface area (Å²) in [5.41, 5.74) is 0.246. The molecule has 0 spiro atoms. The highest BCUT2D eigenvalue weighted by Gasteiger charge is 2.36. The van der Waals surface area contributed by atoms with E-state index in [-0.39, 0.29) is 29.5 Å². The fourth-order valence-corrected chi connectivity index (χ4v) is 4.30. The van der Waals surface area contributed by atoms with Crippen molar-refractivity contribution in [3.8, 4) is 0 Å². The lowest BCUT2D eigenvalue weighted by atomic mass is 9.92. The number of halogens is 1.